The molecule has 0 amide bonds. The zero-order valence-corrected chi connectivity index (χ0v) is 12.3. The highest BCUT2D eigenvalue weighted by molar-refractivity contribution is 5.27. The van der Waals surface area contributed by atoms with Crippen LogP contribution in [0.3, 0.4) is 0 Å². The molecule has 1 atom stereocenters. The molecular weight excluding hydrogens is 234 g/mol. The quantitative estimate of drug-likeness (QED) is 0.840. The summed E-state index contributed by atoms with van der Waals surface area (Å²) in [5.41, 5.74) is 9.01. The third-order valence-electron chi connectivity index (χ3n) is 4.33. The average Bonchev–Trinajstić information content (AvgIpc) is 2.89. The Hall–Kier alpha value is -0.860. The highest BCUT2D eigenvalue weighted by Crippen LogP contribution is 2.41. The summed E-state index contributed by atoms with van der Waals surface area (Å²) in [6.07, 6.45) is 7.00. The summed E-state index contributed by atoms with van der Waals surface area (Å²) in [6.45, 7) is 5.03. The molecule has 0 aliphatic heterocycles. The first-order valence-electron chi connectivity index (χ1n) is 7.70. The lowest BCUT2D eigenvalue weighted by atomic mass is 9.87. The highest BCUT2D eigenvalue weighted by atomic mass is 16.5. The number of benzene rings is 1. The zero-order valence-electron chi connectivity index (χ0n) is 12.3. The van der Waals surface area contributed by atoms with E-state index in [2.05, 4.69) is 38.1 Å². The minimum atomic E-state index is -0.124. The SMILES string of the molecule is CCCc1ccc(C(N)C2(OCC)CCCC2)cc1. The van der Waals surface area contributed by atoms with Crippen LogP contribution < -0.4 is 5.73 Å². The lowest BCUT2D eigenvalue weighted by Gasteiger charge is -2.35. The van der Waals surface area contributed by atoms with E-state index < -0.39 is 0 Å². The summed E-state index contributed by atoms with van der Waals surface area (Å²) in [6, 6.07) is 8.81. The van der Waals surface area contributed by atoms with Crippen LogP contribution in [-0.2, 0) is 11.2 Å². The van der Waals surface area contributed by atoms with Gasteiger partial charge in [-0.15, -0.1) is 0 Å². The van der Waals surface area contributed by atoms with Crippen molar-refractivity contribution in [2.75, 3.05) is 6.61 Å². The van der Waals surface area contributed by atoms with E-state index in [-0.39, 0.29) is 11.6 Å². The monoisotopic (exact) mass is 261 g/mol. The largest absolute Gasteiger partial charge is 0.373 e. The Bertz CT molecular complexity index is 379. The molecular formula is C17H27NO. The van der Waals surface area contributed by atoms with Crippen molar-refractivity contribution in [3.63, 3.8) is 0 Å². The Morgan fingerprint density at radius 3 is 2.32 bits per heavy atom. The van der Waals surface area contributed by atoms with E-state index in [9.17, 15) is 0 Å². The smallest absolute Gasteiger partial charge is 0.0874 e. The van der Waals surface area contributed by atoms with Gasteiger partial charge in [-0.25, -0.2) is 0 Å². The molecule has 106 valence electrons. The van der Waals surface area contributed by atoms with Gasteiger partial charge < -0.3 is 10.5 Å². The minimum Gasteiger partial charge on any atom is -0.373 e. The van der Waals surface area contributed by atoms with Gasteiger partial charge in [-0.3, -0.25) is 0 Å². The molecule has 0 heterocycles. The molecule has 1 unspecified atom stereocenters. The third kappa shape index (κ3) is 3.18. The van der Waals surface area contributed by atoms with Gasteiger partial charge in [-0.1, -0.05) is 50.5 Å². The summed E-state index contributed by atoms with van der Waals surface area (Å²) in [5, 5.41) is 0. The van der Waals surface area contributed by atoms with Gasteiger partial charge in [0.2, 0.25) is 0 Å². The third-order valence-corrected chi connectivity index (χ3v) is 4.33. The van der Waals surface area contributed by atoms with Crippen LogP contribution in [0.15, 0.2) is 24.3 Å². The summed E-state index contributed by atoms with van der Waals surface area (Å²) in [5.74, 6) is 0. The first kappa shape index (κ1) is 14.5. The van der Waals surface area contributed by atoms with Crippen molar-refractivity contribution >= 4 is 0 Å². The van der Waals surface area contributed by atoms with Crippen LogP contribution in [-0.4, -0.2) is 12.2 Å². The highest BCUT2D eigenvalue weighted by Gasteiger charge is 2.40. The number of nitrogens with two attached hydrogens (primary N) is 1. The number of rotatable bonds is 6. The Labute approximate surface area is 117 Å². The van der Waals surface area contributed by atoms with Gasteiger partial charge in [-0.2, -0.15) is 0 Å². The Balaban J connectivity index is 2.14. The molecule has 19 heavy (non-hydrogen) atoms. The molecule has 1 saturated carbocycles. The number of aryl methyl sites for hydroxylation is 1. The Kier molecular flexibility index (Phi) is 5.00. The summed E-state index contributed by atoms with van der Waals surface area (Å²) < 4.78 is 6.06. The minimum absolute atomic E-state index is 0.00521. The predicted molar refractivity (Wildman–Crippen MR) is 80.2 cm³/mol. The van der Waals surface area contributed by atoms with Crippen molar-refractivity contribution in [3.05, 3.63) is 35.4 Å². The first-order chi connectivity index (χ1) is 9.22. The van der Waals surface area contributed by atoms with E-state index >= 15 is 0 Å². The van der Waals surface area contributed by atoms with E-state index in [1.807, 2.05) is 0 Å². The van der Waals surface area contributed by atoms with E-state index in [1.165, 1.54) is 30.4 Å². The summed E-state index contributed by atoms with van der Waals surface area (Å²) >= 11 is 0. The molecule has 2 rings (SSSR count). The molecule has 0 bridgehead atoms. The fourth-order valence-corrected chi connectivity index (χ4v) is 3.29. The molecule has 0 saturated heterocycles. The predicted octanol–water partition coefficient (Wildman–Crippen LogP) is 3.99. The molecule has 2 heteroatoms. The number of hydrogen-bond acceptors (Lipinski definition) is 2. The van der Waals surface area contributed by atoms with Crippen LogP contribution in [0.25, 0.3) is 0 Å². The van der Waals surface area contributed by atoms with Crippen LogP contribution in [0.2, 0.25) is 0 Å². The summed E-state index contributed by atoms with van der Waals surface area (Å²) in [7, 11) is 0. The van der Waals surface area contributed by atoms with Crippen LogP contribution in [0, 0.1) is 0 Å². The molecule has 1 aliphatic rings. The first-order valence-corrected chi connectivity index (χ1v) is 7.70. The second kappa shape index (κ2) is 6.53. The van der Waals surface area contributed by atoms with Crippen LogP contribution in [0.4, 0.5) is 0 Å². The molecule has 0 radical (unpaired) electrons. The Morgan fingerprint density at radius 2 is 1.79 bits per heavy atom. The van der Waals surface area contributed by atoms with Crippen LogP contribution in [0.5, 0.6) is 0 Å². The molecule has 2 nitrogen and oxygen atoms in total. The molecule has 0 spiro atoms. The number of hydrogen-bond donors (Lipinski definition) is 1. The maximum absolute atomic E-state index is 6.52. The van der Waals surface area contributed by atoms with E-state index in [0.29, 0.717) is 0 Å². The standard InChI is InChI=1S/C17H27NO/c1-3-7-14-8-10-15(11-9-14)16(18)17(19-4-2)12-5-6-13-17/h8-11,16H,3-7,12-13,18H2,1-2H3. The molecule has 1 aliphatic carbocycles. The fourth-order valence-electron chi connectivity index (χ4n) is 3.29. The molecule has 1 aromatic carbocycles. The van der Waals surface area contributed by atoms with E-state index in [4.69, 9.17) is 10.5 Å². The van der Waals surface area contributed by atoms with Gasteiger partial charge in [0.15, 0.2) is 0 Å². The Morgan fingerprint density at radius 1 is 1.16 bits per heavy atom. The lowest BCUT2D eigenvalue weighted by Crippen LogP contribution is -2.41. The molecule has 0 aromatic heterocycles. The van der Waals surface area contributed by atoms with Gasteiger partial charge in [-0.05, 0) is 37.3 Å². The van der Waals surface area contributed by atoms with E-state index in [0.717, 1.165) is 25.9 Å². The van der Waals surface area contributed by atoms with Crippen molar-refractivity contribution in [1.82, 2.24) is 0 Å². The van der Waals surface area contributed by atoms with Crippen LogP contribution in [0.1, 0.15) is 63.1 Å². The van der Waals surface area contributed by atoms with Gasteiger partial charge in [0.25, 0.3) is 0 Å². The second-order valence-electron chi connectivity index (χ2n) is 5.67. The fraction of sp³-hybridized carbons (Fsp3) is 0.647. The second-order valence-corrected chi connectivity index (χ2v) is 5.67. The van der Waals surface area contributed by atoms with Crippen LogP contribution >= 0.6 is 0 Å². The van der Waals surface area contributed by atoms with Crippen molar-refractivity contribution in [1.29, 1.82) is 0 Å². The topological polar surface area (TPSA) is 35.2 Å². The maximum atomic E-state index is 6.52. The normalized spacial score (nSPS) is 19.5. The van der Waals surface area contributed by atoms with Gasteiger partial charge >= 0.3 is 0 Å². The van der Waals surface area contributed by atoms with Crippen molar-refractivity contribution in [3.8, 4) is 0 Å². The molecule has 1 fully saturated rings. The van der Waals surface area contributed by atoms with E-state index in [1.54, 1.807) is 0 Å². The van der Waals surface area contributed by atoms with Gasteiger partial charge in [0, 0.05) is 6.61 Å². The number of ether oxygens (including phenoxy) is 1. The zero-order chi connectivity index (χ0) is 13.7. The molecule has 2 N–H and O–H groups in total. The van der Waals surface area contributed by atoms with Gasteiger partial charge in [0.1, 0.15) is 0 Å². The lowest BCUT2D eigenvalue weighted by molar-refractivity contribution is -0.0536. The maximum Gasteiger partial charge on any atom is 0.0874 e. The molecule has 1 aromatic rings. The van der Waals surface area contributed by atoms with Crippen molar-refractivity contribution in [2.45, 2.75) is 64.0 Å². The average molecular weight is 261 g/mol. The van der Waals surface area contributed by atoms with Crippen molar-refractivity contribution in [2.24, 2.45) is 5.73 Å². The van der Waals surface area contributed by atoms with Crippen molar-refractivity contribution < 1.29 is 4.74 Å². The summed E-state index contributed by atoms with van der Waals surface area (Å²) in [4.78, 5) is 0. The van der Waals surface area contributed by atoms with Gasteiger partial charge in [0.05, 0.1) is 11.6 Å².